The largest absolute Gasteiger partial charge is 0.378 e. The maximum absolute atomic E-state index is 12.9. The highest BCUT2D eigenvalue weighted by molar-refractivity contribution is 5.98. The fraction of sp³-hybridized carbons (Fsp3) is 0.636. The number of nitro benzene ring substituents is 1. The number of carbonyl (C=O) groups is 2. The molecule has 2 fully saturated rings. The van der Waals surface area contributed by atoms with Gasteiger partial charge in [0.2, 0.25) is 5.91 Å². The molecule has 8 heteroatoms. The van der Waals surface area contributed by atoms with Crippen LogP contribution in [0.4, 0.5) is 5.69 Å². The Hall–Kier alpha value is -2.48. The maximum atomic E-state index is 12.9. The predicted octanol–water partition coefficient (Wildman–Crippen LogP) is 3.36. The summed E-state index contributed by atoms with van der Waals surface area (Å²) < 4.78 is 5.88. The number of nitrogens with zero attached hydrogens (tertiary/aromatic N) is 2. The minimum absolute atomic E-state index is 0.0160. The minimum Gasteiger partial charge on any atom is -0.378 e. The van der Waals surface area contributed by atoms with Gasteiger partial charge in [-0.05, 0) is 51.2 Å². The summed E-state index contributed by atoms with van der Waals surface area (Å²) in [6.07, 6.45) is 8.55. The first kappa shape index (κ1) is 22.2. The van der Waals surface area contributed by atoms with Crippen LogP contribution in [-0.2, 0) is 9.53 Å². The van der Waals surface area contributed by atoms with E-state index in [1.54, 1.807) is 11.8 Å². The Morgan fingerprint density at radius 1 is 1.20 bits per heavy atom. The lowest BCUT2D eigenvalue weighted by molar-refractivity contribution is -0.385. The number of aryl methyl sites for hydroxylation is 1. The molecule has 1 saturated heterocycles. The molecule has 30 heavy (non-hydrogen) atoms. The van der Waals surface area contributed by atoms with Crippen molar-refractivity contribution in [1.82, 2.24) is 10.2 Å². The highest BCUT2D eigenvalue weighted by atomic mass is 16.6. The van der Waals surface area contributed by atoms with E-state index in [0.717, 1.165) is 25.7 Å². The Morgan fingerprint density at radius 2 is 1.97 bits per heavy atom. The number of hydrogen-bond acceptors (Lipinski definition) is 5. The first-order valence-electron chi connectivity index (χ1n) is 10.9. The molecule has 1 aliphatic heterocycles. The Labute approximate surface area is 177 Å². The van der Waals surface area contributed by atoms with Gasteiger partial charge in [-0.3, -0.25) is 19.7 Å². The van der Waals surface area contributed by atoms with Gasteiger partial charge < -0.3 is 15.0 Å². The summed E-state index contributed by atoms with van der Waals surface area (Å²) in [5, 5.41) is 13.9. The second-order valence-corrected chi connectivity index (χ2v) is 8.19. The Balaban J connectivity index is 1.48. The van der Waals surface area contributed by atoms with Crippen LogP contribution in [-0.4, -0.2) is 53.5 Å². The molecule has 1 aliphatic carbocycles. The van der Waals surface area contributed by atoms with Crippen molar-refractivity contribution >= 4 is 17.5 Å². The number of amides is 2. The van der Waals surface area contributed by atoms with E-state index >= 15 is 0 Å². The van der Waals surface area contributed by atoms with Crippen LogP contribution in [0.15, 0.2) is 18.2 Å². The van der Waals surface area contributed by atoms with Crippen molar-refractivity contribution in [3.05, 3.63) is 39.4 Å². The molecular weight excluding hydrogens is 386 g/mol. The molecule has 1 heterocycles. The van der Waals surface area contributed by atoms with Crippen molar-refractivity contribution in [2.45, 2.75) is 70.4 Å². The highest BCUT2D eigenvalue weighted by Gasteiger charge is 2.34. The minimum atomic E-state index is -0.493. The first-order chi connectivity index (χ1) is 14.5. The van der Waals surface area contributed by atoms with Crippen LogP contribution < -0.4 is 5.32 Å². The quantitative estimate of drug-likeness (QED) is 0.397. The molecule has 0 radical (unpaired) electrons. The zero-order chi connectivity index (χ0) is 21.5. The van der Waals surface area contributed by atoms with Crippen LogP contribution in [0.1, 0.15) is 67.3 Å². The van der Waals surface area contributed by atoms with E-state index < -0.39 is 11.0 Å². The Bertz CT molecular complexity index is 776. The van der Waals surface area contributed by atoms with E-state index in [1.807, 2.05) is 0 Å². The number of hydrogen-bond donors (Lipinski definition) is 1. The summed E-state index contributed by atoms with van der Waals surface area (Å²) in [6, 6.07) is 3.84. The highest BCUT2D eigenvalue weighted by Crippen LogP contribution is 2.24. The average molecular weight is 418 g/mol. The van der Waals surface area contributed by atoms with Crippen LogP contribution >= 0.6 is 0 Å². The van der Waals surface area contributed by atoms with Gasteiger partial charge in [0.15, 0.2) is 0 Å². The third kappa shape index (κ3) is 5.56. The summed E-state index contributed by atoms with van der Waals surface area (Å²) in [5.41, 5.74) is 0.792. The average Bonchev–Trinajstić information content (AvgIpc) is 3.23. The summed E-state index contributed by atoms with van der Waals surface area (Å²) in [6.45, 7) is 3.29. The van der Waals surface area contributed by atoms with Crippen molar-refractivity contribution in [1.29, 1.82) is 0 Å². The fourth-order valence-electron chi connectivity index (χ4n) is 4.32. The zero-order valence-electron chi connectivity index (χ0n) is 17.6. The molecule has 2 amide bonds. The second-order valence-electron chi connectivity index (χ2n) is 8.19. The van der Waals surface area contributed by atoms with Gasteiger partial charge in [0, 0.05) is 36.9 Å². The van der Waals surface area contributed by atoms with E-state index in [4.69, 9.17) is 4.74 Å². The molecule has 1 unspecified atom stereocenters. The van der Waals surface area contributed by atoms with Crippen molar-refractivity contribution in [3.63, 3.8) is 0 Å². The number of carbonyl (C=O) groups excluding carboxylic acids is 2. The van der Waals surface area contributed by atoms with Crippen LogP contribution in [0.2, 0.25) is 0 Å². The van der Waals surface area contributed by atoms with Gasteiger partial charge in [-0.15, -0.1) is 0 Å². The summed E-state index contributed by atoms with van der Waals surface area (Å²) in [4.78, 5) is 37.6. The molecule has 8 nitrogen and oxygen atoms in total. The third-order valence-electron chi connectivity index (χ3n) is 5.98. The van der Waals surface area contributed by atoms with Crippen LogP contribution in [0.25, 0.3) is 0 Å². The van der Waals surface area contributed by atoms with Gasteiger partial charge in [-0.1, -0.05) is 19.3 Å². The second kappa shape index (κ2) is 10.5. The van der Waals surface area contributed by atoms with Crippen molar-refractivity contribution in [2.75, 3.05) is 19.7 Å². The van der Waals surface area contributed by atoms with E-state index in [9.17, 15) is 19.7 Å². The van der Waals surface area contributed by atoms with Gasteiger partial charge in [-0.25, -0.2) is 0 Å². The van der Waals surface area contributed by atoms with Crippen LogP contribution in [0, 0.1) is 17.0 Å². The molecule has 0 spiro atoms. The lowest BCUT2D eigenvalue weighted by atomic mass is 9.98. The van der Waals surface area contributed by atoms with Gasteiger partial charge in [0.05, 0.1) is 11.0 Å². The van der Waals surface area contributed by atoms with E-state index in [0.29, 0.717) is 43.3 Å². The number of nitro groups is 1. The van der Waals surface area contributed by atoms with E-state index in [2.05, 4.69) is 5.32 Å². The maximum Gasteiger partial charge on any atom is 0.272 e. The SMILES string of the molecule is Cc1cc(C(=O)N2CCCC2C(=O)NCCCOC2CCCCC2)ccc1[N+](=O)[O-]. The molecular formula is C22H31N3O5. The lowest BCUT2D eigenvalue weighted by Crippen LogP contribution is -2.46. The Kier molecular flexibility index (Phi) is 7.79. The smallest absolute Gasteiger partial charge is 0.272 e. The molecule has 1 aromatic rings. The predicted molar refractivity (Wildman–Crippen MR) is 112 cm³/mol. The molecule has 2 aliphatic rings. The molecule has 0 bridgehead atoms. The standard InChI is InChI=1S/C22H31N3O5/c1-16-15-17(10-11-19(16)25(28)29)22(27)24-13-5-9-20(24)21(26)23-12-6-14-30-18-7-3-2-4-8-18/h10-11,15,18,20H,2-9,12-14H2,1H3,(H,23,26). The van der Waals surface area contributed by atoms with E-state index in [1.165, 1.54) is 37.5 Å². The molecule has 1 atom stereocenters. The number of ether oxygens (including phenoxy) is 1. The monoisotopic (exact) mass is 417 g/mol. The van der Waals surface area contributed by atoms with Crippen LogP contribution in [0.5, 0.6) is 0 Å². The molecule has 164 valence electrons. The molecule has 0 aromatic heterocycles. The van der Waals surface area contributed by atoms with Crippen molar-refractivity contribution in [2.24, 2.45) is 0 Å². The number of nitrogens with one attached hydrogen (secondary N) is 1. The number of benzene rings is 1. The number of likely N-dealkylation sites (tertiary alicyclic amines) is 1. The van der Waals surface area contributed by atoms with Gasteiger partial charge in [0.25, 0.3) is 11.6 Å². The third-order valence-corrected chi connectivity index (χ3v) is 5.98. The topological polar surface area (TPSA) is 102 Å². The molecule has 1 saturated carbocycles. The van der Waals surface area contributed by atoms with Crippen molar-refractivity contribution < 1.29 is 19.2 Å². The first-order valence-corrected chi connectivity index (χ1v) is 10.9. The fourth-order valence-corrected chi connectivity index (χ4v) is 4.32. The Morgan fingerprint density at radius 3 is 2.67 bits per heavy atom. The normalized spacial score (nSPS) is 19.6. The summed E-state index contributed by atoms with van der Waals surface area (Å²) in [7, 11) is 0. The molecule has 1 N–H and O–H groups in total. The summed E-state index contributed by atoms with van der Waals surface area (Å²) in [5.74, 6) is -0.400. The molecule has 3 rings (SSSR count). The zero-order valence-corrected chi connectivity index (χ0v) is 17.6. The van der Waals surface area contributed by atoms with E-state index in [-0.39, 0.29) is 17.5 Å². The lowest BCUT2D eigenvalue weighted by Gasteiger charge is -2.24. The van der Waals surface area contributed by atoms with Crippen molar-refractivity contribution in [3.8, 4) is 0 Å². The summed E-state index contributed by atoms with van der Waals surface area (Å²) >= 11 is 0. The van der Waals surface area contributed by atoms with Gasteiger partial charge in [-0.2, -0.15) is 0 Å². The van der Waals surface area contributed by atoms with Gasteiger partial charge >= 0.3 is 0 Å². The molecule has 1 aromatic carbocycles. The number of rotatable bonds is 8. The van der Waals surface area contributed by atoms with Gasteiger partial charge in [0.1, 0.15) is 6.04 Å². The van der Waals surface area contributed by atoms with Crippen LogP contribution in [0.3, 0.4) is 0 Å².